The zero-order valence-corrected chi connectivity index (χ0v) is 53.7. The number of unbranched alkanes of at least 4 members (excludes halogenated alkanes) is 1. The minimum atomic E-state index is -1.30. The first-order valence-corrected chi connectivity index (χ1v) is 31.5. The van der Waals surface area contributed by atoms with Crippen LogP contribution in [0.5, 0.6) is 5.75 Å². The Morgan fingerprint density at radius 1 is 0.523 bits per heavy atom. The SMILES string of the molecule is CC(=O)O.CC[C@H](C)[C@H](NC(=O)[C@H](CCCCN)NC(=O)[C@H](CCCN=C(N)N)NC(=O)[C@H](CC(C)C)NC(=O)[C@H](CC(C)C)NC(=O)[C@H](Cc1ccccc1)NC(=O)[C@H](CCSC)NC(=O)[C@H](CC(C)C)NC(=O)[C@@H](N)Cc1ccc(O)cc1)C(=O)O. The van der Waals surface area contributed by atoms with Crippen molar-refractivity contribution in [3.63, 3.8) is 0 Å². The van der Waals surface area contributed by atoms with Crippen molar-refractivity contribution in [3.05, 3.63) is 65.7 Å². The molecular weight excluding hydrogens is 1150 g/mol. The number of carbonyl (C=O) groups is 10. The highest BCUT2D eigenvalue weighted by atomic mass is 32.2. The third kappa shape index (κ3) is 32.5. The molecule has 0 bridgehead atoms. The summed E-state index contributed by atoms with van der Waals surface area (Å²) >= 11 is 1.43. The van der Waals surface area contributed by atoms with E-state index in [1.807, 2.05) is 47.8 Å². The van der Waals surface area contributed by atoms with Crippen LogP contribution in [0.15, 0.2) is 59.6 Å². The lowest BCUT2D eigenvalue weighted by Gasteiger charge is -2.29. The smallest absolute Gasteiger partial charge is 0.326 e. The molecule has 8 amide bonds. The molecule has 27 heteroatoms. The van der Waals surface area contributed by atoms with Crippen LogP contribution in [-0.4, -0.2) is 160 Å². The molecule has 2 rings (SSSR count). The molecule has 0 saturated heterocycles. The average molecular weight is 1260 g/mol. The first-order valence-electron chi connectivity index (χ1n) is 30.1. The maximum atomic E-state index is 14.7. The second-order valence-corrected chi connectivity index (χ2v) is 24.2. The van der Waals surface area contributed by atoms with Crippen molar-refractivity contribution < 1.29 is 63.3 Å². The van der Waals surface area contributed by atoms with E-state index in [-0.39, 0.29) is 93.8 Å². The zero-order chi connectivity index (χ0) is 66.6. The van der Waals surface area contributed by atoms with Crippen molar-refractivity contribution in [1.82, 2.24) is 42.5 Å². The van der Waals surface area contributed by atoms with Gasteiger partial charge in [-0.25, -0.2) is 4.79 Å². The first-order chi connectivity index (χ1) is 41.4. The first kappa shape index (κ1) is 78.5. The van der Waals surface area contributed by atoms with Gasteiger partial charge in [0.05, 0.1) is 6.04 Å². The van der Waals surface area contributed by atoms with Crippen LogP contribution in [0.4, 0.5) is 0 Å². The number of aliphatic imine (C=N–C) groups is 1. The Morgan fingerprint density at radius 3 is 1.33 bits per heavy atom. The minimum absolute atomic E-state index is 0.0202. The number of aromatic hydroxyl groups is 1. The summed E-state index contributed by atoms with van der Waals surface area (Å²) in [6.45, 7) is 16.0. The average Bonchev–Trinajstić information content (AvgIpc) is 1.99. The normalized spacial score (nSPS) is 14.5. The van der Waals surface area contributed by atoms with Crippen LogP contribution in [0.25, 0.3) is 0 Å². The Hall–Kier alpha value is -7.52. The maximum absolute atomic E-state index is 14.7. The maximum Gasteiger partial charge on any atom is 0.326 e. The predicted octanol–water partition coefficient (Wildman–Crippen LogP) is 1.68. The van der Waals surface area contributed by atoms with Gasteiger partial charge < -0.3 is 80.8 Å². The molecule has 2 aromatic carbocycles. The van der Waals surface area contributed by atoms with Crippen LogP contribution in [0.3, 0.4) is 0 Å². The number of benzene rings is 2. The van der Waals surface area contributed by atoms with Crippen LogP contribution >= 0.6 is 11.8 Å². The van der Waals surface area contributed by atoms with E-state index in [0.717, 1.165) is 6.92 Å². The van der Waals surface area contributed by atoms with Gasteiger partial charge in [-0.05, 0) is 130 Å². The van der Waals surface area contributed by atoms with E-state index in [9.17, 15) is 53.4 Å². The molecule has 0 spiro atoms. The number of hydrogen-bond donors (Lipinski definition) is 15. The van der Waals surface area contributed by atoms with Crippen molar-refractivity contribution in [3.8, 4) is 5.75 Å². The Morgan fingerprint density at radius 2 is 0.909 bits per heavy atom. The fraction of sp³-hybridized carbons (Fsp3) is 0.623. The number of hydrogen-bond acceptors (Lipinski definition) is 15. The van der Waals surface area contributed by atoms with E-state index in [4.69, 9.17) is 32.8 Å². The molecule has 88 heavy (non-hydrogen) atoms. The summed E-state index contributed by atoms with van der Waals surface area (Å²) in [5, 5.41) is 49.1. The zero-order valence-electron chi connectivity index (χ0n) is 52.9. The summed E-state index contributed by atoms with van der Waals surface area (Å²) in [6, 6.07) is 4.28. The molecule has 0 aliphatic carbocycles. The number of nitrogens with two attached hydrogens (primary N) is 4. The number of guanidine groups is 1. The van der Waals surface area contributed by atoms with Crippen LogP contribution in [0.2, 0.25) is 0 Å². The molecule has 0 aliphatic rings. The fourth-order valence-electron chi connectivity index (χ4n) is 9.03. The van der Waals surface area contributed by atoms with E-state index in [1.54, 1.807) is 56.3 Å². The van der Waals surface area contributed by atoms with Crippen molar-refractivity contribution in [2.75, 3.05) is 25.1 Å². The van der Waals surface area contributed by atoms with Crippen molar-refractivity contribution in [2.45, 2.75) is 194 Å². The van der Waals surface area contributed by atoms with Gasteiger partial charge >= 0.3 is 5.97 Å². The molecule has 0 saturated carbocycles. The number of thioether (sulfide) groups is 1. The molecule has 10 atom stereocenters. The van der Waals surface area contributed by atoms with Crippen LogP contribution in [0.1, 0.15) is 138 Å². The number of carbonyl (C=O) groups excluding carboxylic acids is 8. The number of phenolic OH excluding ortho intramolecular Hbond substituents is 1. The Labute approximate surface area is 522 Å². The summed E-state index contributed by atoms with van der Waals surface area (Å²) in [7, 11) is 0. The lowest BCUT2D eigenvalue weighted by Crippen LogP contribution is -2.61. The quantitative estimate of drug-likeness (QED) is 0.0256. The van der Waals surface area contributed by atoms with E-state index >= 15 is 0 Å². The summed E-state index contributed by atoms with van der Waals surface area (Å²) in [5.41, 5.74) is 24.5. The van der Waals surface area contributed by atoms with Crippen LogP contribution < -0.4 is 65.5 Å². The number of amides is 8. The highest BCUT2D eigenvalue weighted by molar-refractivity contribution is 7.98. The fourth-order valence-corrected chi connectivity index (χ4v) is 9.51. The molecule has 26 nitrogen and oxygen atoms in total. The number of nitrogens with one attached hydrogen (secondary N) is 8. The molecule has 0 unspecified atom stereocenters. The molecule has 0 heterocycles. The number of carboxylic acids is 2. The topological polar surface area (TPSA) is 444 Å². The molecule has 0 aromatic heterocycles. The molecular formula is C61H101N13O13S. The van der Waals surface area contributed by atoms with Crippen LogP contribution in [-0.2, 0) is 60.8 Å². The van der Waals surface area contributed by atoms with Gasteiger partial charge in [0, 0.05) is 19.9 Å². The summed E-state index contributed by atoms with van der Waals surface area (Å²) in [5.74, 6) is -8.28. The molecule has 0 fully saturated rings. The van der Waals surface area contributed by atoms with Crippen molar-refractivity contribution in [2.24, 2.45) is 51.6 Å². The standard InChI is InChI=1S/C59H97N13O11S.C2H4O2/c1-10-37(8)49(58(82)83)72-53(77)42(19-14-15-26-60)65-51(75)43(20-16-27-64-59(62)63)66-55(79)46(30-35(4)5)69-56(80)47(31-36(6)7)70-57(81)48(33-38-17-12-11-13-18-38)71-52(76)44(25-28-84-9)67-54(78)45(29-34(2)3)68-50(74)41(61)32-39-21-23-40(73)24-22-39;1-2(3)4/h11-13,17-18,21-24,34-37,41-49,73H,10,14-16,19-20,25-33,60-61H2,1-9H3,(H,65,75)(H,66,79)(H,67,78)(H,68,74)(H,69,80)(H,70,81)(H,71,76)(H,72,77)(H,82,83)(H4,62,63,64);1H3,(H,3,4)/t37-,41-,42-,43-,44-,45-,46-,47-,48-,49-;/m0./s1. The number of aliphatic carboxylic acids is 2. The van der Waals surface area contributed by atoms with E-state index in [1.165, 1.54) is 23.9 Å². The predicted molar refractivity (Wildman–Crippen MR) is 340 cm³/mol. The van der Waals surface area contributed by atoms with E-state index < -0.39 is 119 Å². The second-order valence-electron chi connectivity index (χ2n) is 23.2. The van der Waals surface area contributed by atoms with Gasteiger partial charge in [0.2, 0.25) is 47.3 Å². The number of nitrogens with zero attached hydrogens (tertiary/aromatic N) is 1. The molecule has 2 aromatic rings. The van der Waals surface area contributed by atoms with Crippen molar-refractivity contribution >= 4 is 76.9 Å². The van der Waals surface area contributed by atoms with Gasteiger partial charge in [-0.3, -0.25) is 48.1 Å². The number of carboxylic acid groups (broad SMARTS) is 2. The Bertz CT molecular complexity index is 2530. The van der Waals surface area contributed by atoms with E-state index in [0.29, 0.717) is 42.7 Å². The highest BCUT2D eigenvalue weighted by Crippen LogP contribution is 2.16. The lowest BCUT2D eigenvalue weighted by molar-refractivity contribution is -0.144. The highest BCUT2D eigenvalue weighted by Gasteiger charge is 2.36. The van der Waals surface area contributed by atoms with Gasteiger partial charge in [0.15, 0.2) is 5.96 Å². The molecule has 0 radical (unpaired) electrons. The molecule has 19 N–H and O–H groups in total. The van der Waals surface area contributed by atoms with Gasteiger partial charge in [0.25, 0.3) is 5.97 Å². The van der Waals surface area contributed by atoms with Gasteiger partial charge in [-0.15, -0.1) is 0 Å². The van der Waals surface area contributed by atoms with Gasteiger partial charge in [0.1, 0.15) is 54.1 Å². The van der Waals surface area contributed by atoms with E-state index in [2.05, 4.69) is 47.5 Å². The summed E-state index contributed by atoms with van der Waals surface area (Å²) in [4.78, 5) is 139. The minimum Gasteiger partial charge on any atom is -0.508 e. The molecule has 0 aliphatic heterocycles. The number of phenols is 1. The lowest BCUT2D eigenvalue weighted by atomic mass is 9.98. The Kier molecular flexibility index (Phi) is 37.8. The second kappa shape index (κ2) is 42.4. The third-order valence-corrected chi connectivity index (χ3v) is 14.5. The largest absolute Gasteiger partial charge is 0.508 e. The third-order valence-electron chi connectivity index (χ3n) is 13.8. The van der Waals surface area contributed by atoms with Crippen molar-refractivity contribution in [1.29, 1.82) is 0 Å². The molecule has 494 valence electrons. The van der Waals surface area contributed by atoms with Crippen LogP contribution in [0, 0.1) is 23.7 Å². The van der Waals surface area contributed by atoms with Gasteiger partial charge in [-0.2, -0.15) is 11.8 Å². The Balaban J connectivity index is 0.00000937. The summed E-state index contributed by atoms with van der Waals surface area (Å²) in [6.07, 6.45) is 4.12. The summed E-state index contributed by atoms with van der Waals surface area (Å²) < 4.78 is 0. The number of rotatable bonds is 40. The monoisotopic (exact) mass is 1260 g/mol. The van der Waals surface area contributed by atoms with Gasteiger partial charge in [-0.1, -0.05) is 104 Å².